The second kappa shape index (κ2) is 7.43. The third-order valence-corrected chi connectivity index (χ3v) is 5.68. The molecule has 3 aromatic carbocycles. The number of rotatable bonds is 4. The largest absolute Gasteiger partial charge is 0.326 e. The minimum Gasteiger partial charge on any atom is -0.326 e. The summed E-state index contributed by atoms with van der Waals surface area (Å²) in [5.41, 5.74) is 6.05. The topological polar surface area (TPSA) is 59.8 Å². The van der Waals surface area contributed by atoms with Crippen molar-refractivity contribution in [3.8, 4) is 0 Å². The molecule has 5 aromatic rings. The molecule has 0 spiro atoms. The molecule has 1 N–H and O–H groups in total. The monoisotopic (exact) mass is 414 g/mol. The van der Waals surface area contributed by atoms with Gasteiger partial charge in [-0.2, -0.15) is 0 Å². The SMILES string of the molecule is Cc1ccc(NC(=O)CCn2c3ccccc3c3nc4ccccc4nc32)cc1Cl. The van der Waals surface area contributed by atoms with Crippen molar-refractivity contribution in [2.75, 3.05) is 5.32 Å². The van der Waals surface area contributed by atoms with Crippen LogP contribution in [-0.2, 0) is 11.3 Å². The van der Waals surface area contributed by atoms with E-state index in [0.29, 0.717) is 23.7 Å². The van der Waals surface area contributed by atoms with Crippen LogP contribution in [0.5, 0.6) is 0 Å². The maximum atomic E-state index is 12.6. The van der Waals surface area contributed by atoms with Crippen LogP contribution in [-0.4, -0.2) is 20.4 Å². The predicted molar refractivity (Wildman–Crippen MR) is 122 cm³/mol. The third kappa shape index (κ3) is 3.27. The number of anilines is 1. The number of benzene rings is 3. The molecular formula is C24H19ClN4O. The molecule has 30 heavy (non-hydrogen) atoms. The second-order valence-corrected chi connectivity index (χ2v) is 7.72. The normalized spacial score (nSPS) is 11.4. The van der Waals surface area contributed by atoms with Crippen molar-refractivity contribution < 1.29 is 4.79 Å². The van der Waals surface area contributed by atoms with Crippen LogP contribution in [0.4, 0.5) is 5.69 Å². The van der Waals surface area contributed by atoms with Gasteiger partial charge in [0.1, 0.15) is 5.52 Å². The molecule has 0 radical (unpaired) electrons. The number of para-hydroxylation sites is 3. The minimum absolute atomic E-state index is 0.0744. The van der Waals surface area contributed by atoms with Crippen LogP contribution in [0.1, 0.15) is 12.0 Å². The molecule has 0 unspecified atom stereocenters. The van der Waals surface area contributed by atoms with E-state index in [4.69, 9.17) is 21.6 Å². The van der Waals surface area contributed by atoms with Gasteiger partial charge in [-0.3, -0.25) is 4.79 Å². The van der Waals surface area contributed by atoms with Crippen molar-refractivity contribution in [3.63, 3.8) is 0 Å². The number of halogens is 1. The van der Waals surface area contributed by atoms with E-state index in [1.807, 2.05) is 67.6 Å². The molecule has 1 amide bonds. The van der Waals surface area contributed by atoms with Gasteiger partial charge in [0.25, 0.3) is 0 Å². The highest BCUT2D eigenvalue weighted by molar-refractivity contribution is 6.31. The summed E-state index contributed by atoms with van der Waals surface area (Å²) in [7, 11) is 0. The number of aromatic nitrogens is 3. The first-order valence-electron chi connectivity index (χ1n) is 9.80. The molecule has 5 rings (SSSR count). The van der Waals surface area contributed by atoms with E-state index in [1.54, 1.807) is 6.07 Å². The van der Waals surface area contributed by atoms with Gasteiger partial charge in [0.15, 0.2) is 5.65 Å². The Labute approximate surface area is 178 Å². The maximum absolute atomic E-state index is 12.6. The van der Waals surface area contributed by atoms with E-state index in [0.717, 1.165) is 38.7 Å². The van der Waals surface area contributed by atoms with Crippen molar-refractivity contribution in [3.05, 3.63) is 77.3 Å². The summed E-state index contributed by atoms with van der Waals surface area (Å²) in [4.78, 5) is 22.3. The molecule has 0 saturated carbocycles. The lowest BCUT2D eigenvalue weighted by molar-refractivity contribution is -0.116. The average Bonchev–Trinajstić information content (AvgIpc) is 3.06. The van der Waals surface area contributed by atoms with Gasteiger partial charge in [0.2, 0.25) is 5.91 Å². The molecule has 0 aliphatic heterocycles. The highest BCUT2D eigenvalue weighted by Crippen LogP contribution is 2.28. The zero-order chi connectivity index (χ0) is 20.7. The Morgan fingerprint density at radius 2 is 1.73 bits per heavy atom. The standard InChI is InChI=1S/C24H19ClN4O/c1-15-10-11-16(14-18(15)25)26-22(30)12-13-29-21-9-5-2-6-17(21)23-24(29)28-20-8-4-3-7-19(20)27-23/h2-11,14H,12-13H2,1H3,(H,26,30). The van der Waals surface area contributed by atoms with Gasteiger partial charge in [0.05, 0.1) is 16.6 Å². The molecule has 0 saturated heterocycles. The summed E-state index contributed by atoms with van der Waals surface area (Å²) in [6.45, 7) is 2.43. The Kier molecular flexibility index (Phi) is 4.60. The summed E-state index contributed by atoms with van der Waals surface area (Å²) >= 11 is 6.16. The van der Waals surface area contributed by atoms with Gasteiger partial charge < -0.3 is 9.88 Å². The number of aryl methyl sites for hydroxylation is 2. The molecule has 0 bridgehead atoms. The molecule has 0 aliphatic rings. The number of nitrogens with zero attached hydrogens (tertiary/aromatic N) is 3. The Morgan fingerprint density at radius 1 is 1.00 bits per heavy atom. The van der Waals surface area contributed by atoms with Crippen molar-refractivity contribution >= 4 is 56.3 Å². The van der Waals surface area contributed by atoms with Crippen LogP contribution in [0, 0.1) is 6.92 Å². The van der Waals surface area contributed by atoms with Gasteiger partial charge in [-0.25, -0.2) is 9.97 Å². The molecule has 0 atom stereocenters. The maximum Gasteiger partial charge on any atom is 0.226 e. The average molecular weight is 415 g/mol. The fourth-order valence-corrected chi connectivity index (χ4v) is 3.90. The quantitative estimate of drug-likeness (QED) is 0.408. The zero-order valence-corrected chi connectivity index (χ0v) is 17.1. The number of carbonyl (C=O) groups is 1. The molecule has 2 aromatic heterocycles. The van der Waals surface area contributed by atoms with E-state index in [9.17, 15) is 4.79 Å². The Bertz CT molecular complexity index is 1420. The molecular weight excluding hydrogens is 396 g/mol. The van der Waals surface area contributed by atoms with E-state index in [-0.39, 0.29) is 5.91 Å². The van der Waals surface area contributed by atoms with Gasteiger partial charge in [-0.1, -0.05) is 48.0 Å². The molecule has 6 heteroatoms. The Morgan fingerprint density at radius 3 is 2.53 bits per heavy atom. The number of carbonyl (C=O) groups excluding carboxylic acids is 1. The lowest BCUT2D eigenvalue weighted by atomic mass is 10.2. The fourth-order valence-electron chi connectivity index (χ4n) is 3.72. The molecule has 5 nitrogen and oxygen atoms in total. The summed E-state index contributed by atoms with van der Waals surface area (Å²) in [5, 5.41) is 4.60. The van der Waals surface area contributed by atoms with Crippen LogP contribution >= 0.6 is 11.6 Å². The van der Waals surface area contributed by atoms with Gasteiger partial charge in [-0.05, 0) is 42.8 Å². The van der Waals surface area contributed by atoms with Crippen molar-refractivity contribution in [1.82, 2.24) is 14.5 Å². The number of amides is 1. The van der Waals surface area contributed by atoms with Crippen molar-refractivity contribution in [1.29, 1.82) is 0 Å². The zero-order valence-electron chi connectivity index (χ0n) is 16.4. The first kappa shape index (κ1) is 18.6. The van der Waals surface area contributed by atoms with E-state index < -0.39 is 0 Å². The van der Waals surface area contributed by atoms with E-state index >= 15 is 0 Å². The lowest BCUT2D eigenvalue weighted by Gasteiger charge is -2.09. The summed E-state index contributed by atoms with van der Waals surface area (Å²) in [5.74, 6) is -0.0744. The van der Waals surface area contributed by atoms with Crippen molar-refractivity contribution in [2.45, 2.75) is 19.9 Å². The van der Waals surface area contributed by atoms with Gasteiger partial charge in [0, 0.05) is 29.1 Å². The van der Waals surface area contributed by atoms with Gasteiger partial charge in [-0.15, -0.1) is 0 Å². The smallest absolute Gasteiger partial charge is 0.226 e. The summed E-state index contributed by atoms with van der Waals surface area (Å²) in [6.07, 6.45) is 0.313. The predicted octanol–water partition coefficient (Wildman–Crippen LogP) is 5.73. The van der Waals surface area contributed by atoms with Crippen LogP contribution in [0.15, 0.2) is 66.7 Å². The number of nitrogens with one attached hydrogen (secondary N) is 1. The summed E-state index contributed by atoms with van der Waals surface area (Å²) in [6, 6.07) is 21.4. The first-order valence-corrected chi connectivity index (χ1v) is 10.2. The van der Waals surface area contributed by atoms with Crippen LogP contribution in [0.3, 0.4) is 0 Å². The number of fused-ring (bicyclic) bond motifs is 4. The van der Waals surface area contributed by atoms with Crippen molar-refractivity contribution in [2.24, 2.45) is 0 Å². The van der Waals surface area contributed by atoms with E-state index in [1.165, 1.54) is 0 Å². The lowest BCUT2D eigenvalue weighted by Crippen LogP contribution is -2.14. The molecule has 0 fully saturated rings. The second-order valence-electron chi connectivity index (χ2n) is 7.32. The van der Waals surface area contributed by atoms with Crippen LogP contribution in [0.2, 0.25) is 5.02 Å². The fraction of sp³-hybridized carbons (Fsp3) is 0.125. The summed E-state index contributed by atoms with van der Waals surface area (Å²) < 4.78 is 2.08. The van der Waals surface area contributed by atoms with E-state index in [2.05, 4.69) is 9.88 Å². The van der Waals surface area contributed by atoms with Crippen LogP contribution < -0.4 is 5.32 Å². The minimum atomic E-state index is -0.0744. The highest BCUT2D eigenvalue weighted by atomic mass is 35.5. The highest BCUT2D eigenvalue weighted by Gasteiger charge is 2.15. The van der Waals surface area contributed by atoms with Crippen LogP contribution in [0.25, 0.3) is 33.1 Å². The number of hydrogen-bond donors (Lipinski definition) is 1. The Hall–Kier alpha value is -3.44. The molecule has 0 aliphatic carbocycles. The first-order chi connectivity index (χ1) is 14.6. The van der Waals surface area contributed by atoms with Gasteiger partial charge >= 0.3 is 0 Å². The Balaban J connectivity index is 1.49. The third-order valence-electron chi connectivity index (χ3n) is 5.28. The molecule has 2 heterocycles. The number of hydrogen-bond acceptors (Lipinski definition) is 3. The molecule has 148 valence electrons.